The van der Waals surface area contributed by atoms with E-state index in [2.05, 4.69) is 27.8 Å². The zero-order valence-electron chi connectivity index (χ0n) is 27.4. The molecule has 38 heavy (non-hydrogen) atoms. The van der Waals surface area contributed by atoms with E-state index in [4.69, 9.17) is 4.84 Å². The van der Waals surface area contributed by atoms with Crippen molar-refractivity contribution in [2.45, 2.75) is 207 Å². The van der Waals surface area contributed by atoms with E-state index in [1.807, 2.05) is 5.06 Å². The van der Waals surface area contributed by atoms with E-state index in [-0.39, 0.29) is 0 Å². The zero-order valence-corrected chi connectivity index (χ0v) is 27.4. The molecule has 0 amide bonds. The Bertz CT molecular complexity index is 392. The standard InChI is InChI=1S/C36H75NO/c1-5-8-11-13-15-18-22-26-31-36(32-27-23-19-16-14-12-9-6-2)33-28-24-20-17-21-25-30-35-38-37(4)34-29-10-7-3/h36H,5-35H2,1-4H3. The molecule has 0 aliphatic carbocycles. The molecule has 0 rings (SSSR count). The van der Waals surface area contributed by atoms with Crippen molar-refractivity contribution in [3.05, 3.63) is 0 Å². The van der Waals surface area contributed by atoms with Crippen LogP contribution >= 0.6 is 0 Å². The highest BCUT2D eigenvalue weighted by Crippen LogP contribution is 2.25. The Morgan fingerprint density at radius 2 is 0.711 bits per heavy atom. The molecular weight excluding hydrogens is 462 g/mol. The molecule has 0 unspecified atom stereocenters. The van der Waals surface area contributed by atoms with E-state index in [1.165, 1.54) is 186 Å². The summed E-state index contributed by atoms with van der Waals surface area (Å²) in [6.07, 6.45) is 41.5. The summed E-state index contributed by atoms with van der Waals surface area (Å²) in [7, 11) is 2.09. The highest BCUT2D eigenvalue weighted by molar-refractivity contribution is 4.62. The van der Waals surface area contributed by atoms with Crippen LogP contribution in [0.5, 0.6) is 0 Å². The van der Waals surface area contributed by atoms with Crippen molar-refractivity contribution in [3.8, 4) is 0 Å². The van der Waals surface area contributed by atoms with E-state index in [9.17, 15) is 0 Å². The predicted molar refractivity (Wildman–Crippen MR) is 173 cm³/mol. The van der Waals surface area contributed by atoms with Gasteiger partial charge in [-0.25, -0.2) is 0 Å². The SMILES string of the molecule is CCCCCCCCCCC(CCCCCCCCCC)CCCCCCCCCON(C)CCCCC. The van der Waals surface area contributed by atoms with Gasteiger partial charge < -0.3 is 0 Å². The van der Waals surface area contributed by atoms with Gasteiger partial charge in [0.05, 0.1) is 6.61 Å². The molecule has 0 aliphatic rings. The fourth-order valence-electron chi connectivity index (χ4n) is 5.86. The summed E-state index contributed by atoms with van der Waals surface area (Å²) >= 11 is 0. The number of hydrogen-bond acceptors (Lipinski definition) is 2. The first kappa shape index (κ1) is 37.9. The molecule has 0 aromatic carbocycles. The Labute approximate surface area is 242 Å². The van der Waals surface area contributed by atoms with Gasteiger partial charge in [-0.05, 0) is 18.8 Å². The van der Waals surface area contributed by atoms with E-state index in [0.29, 0.717) is 0 Å². The average molecular weight is 538 g/mol. The van der Waals surface area contributed by atoms with Gasteiger partial charge in [0.2, 0.25) is 0 Å². The van der Waals surface area contributed by atoms with Crippen molar-refractivity contribution < 1.29 is 4.84 Å². The third kappa shape index (κ3) is 30.5. The van der Waals surface area contributed by atoms with Crippen LogP contribution < -0.4 is 0 Å². The van der Waals surface area contributed by atoms with Crippen molar-refractivity contribution in [3.63, 3.8) is 0 Å². The van der Waals surface area contributed by atoms with Crippen LogP contribution in [0.25, 0.3) is 0 Å². The van der Waals surface area contributed by atoms with Crippen LogP contribution in [0.3, 0.4) is 0 Å². The molecule has 0 radical (unpaired) electrons. The quantitative estimate of drug-likeness (QED) is 0.0609. The molecule has 0 bridgehead atoms. The molecule has 0 saturated carbocycles. The Morgan fingerprint density at radius 3 is 1.11 bits per heavy atom. The lowest BCUT2D eigenvalue weighted by molar-refractivity contribution is -0.141. The smallest absolute Gasteiger partial charge is 0.0684 e. The molecule has 0 aromatic heterocycles. The third-order valence-corrected chi connectivity index (χ3v) is 8.58. The van der Waals surface area contributed by atoms with Crippen LogP contribution in [0.2, 0.25) is 0 Å². The first-order chi connectivity index (χ1) is 18.7. The zero-order chi connectivity index (χ0) is 27.8. The minimum absolute atomic E-state index is 0.905. The maximum atomic E-state index is 5.83. The molecule has 230 valence electrons. The number of hydrogen-bond donors (Lipinski definition) is 0. The van der Waals surface area contributed by atoms with E-state index < -0.39 is 0 Å². The van der Waals surface area contributed by atoms with Gasteiger partial charge in [0.1, 0.15) is 0 Å². The minimum atomic E-state index is 0.905. The number of nitrogens with zero attached hydrogens (tertiary/aromatic N) is 1. The first-order valence-corrected chi connectivity index (χ1v) is 18.1. The van der Waals surface area contributed by atoms with E-state index in [0.717, 1.165) is 19.1 Å². The Morgan fingerprint density at radius 1 is 0.395 bits per heavy atom. The summed E-state index contributed by atoms with van der Waals surface area (Å²) in [5.74, 6) is 1.02. The molecule has 0 aromatic rings. The number of hydroxylamine groups is 2. The maximum absolute atomic E-state index is 5.83. The van der Waals surface area contributed by atoms with Crippen molar-refractivity contribution in [2.75, 3.05) is 20.2 Å². The average Bonchev–Trinajstić information content (AvgIpc) is 2.92. The molecule has 0 aliphatic heterocycles. The van der Waals surface area contributed by atoms with Gasteiger partial charge in [-0.1, -0.05) is 194 Å². The Balaban J connectivity index is 3.84. The van der Waals surface area contributed by atoms with E-state index >= 15 is 0 Å². The summed E-state index contributed by atoms with van der Waals surface area (Å²) in [6.45, 7) is 8.88. The summed E-state index contributed by atoms with van der Waals surface area (Å²) in [6, 6.07) is 0. The fraction of sp³-hybridized carbons (Fsp3) is 1.00. The highest BCUT2D eigenvalue weighted by Gasteiger charge is 2.09. The lowest BCUT2D eigenvalue weighted by Crippen LogP contribution is -2.20. The summed E-state index contributed by atoms with van der Waals surface area (Å²) in [4.78, 5) is 5.83. The van der Waals surface area contributed by atoms with E-state index in [1.54, 1.807) is 0 Å². The second kappa shape index (κ2) is 33.1. The van der Waals surface area contributed by atoms with Crippen molar-refractivity contribution >= 4 is 0 Å². The second-order valence-electron chi connectivity index (χ2n) is 12.5. The van der Waals surface area contributed by atoms with Gasteiger partial charge in [0.25, 0.3) is 0 Å². The molecule has 0 fully saturated rings. The highest BCUT2D eigenvalue weighted by atomic mass is 16.7. The van der Waals surface area contributed by atoms with Crippen molar-refractivity contribution in [1.29, 1.82) is 0 Å². The summed E-state index contributed by atoms with van der Waals surface area (Å²) in [5, 5.41) is 2.05. The van der Waals surface area contributed by atoms with Gasteiger partial charge in [0, 0.05) is 13.6 Å². The van der Waals surface area contributed by atoms with Crippen LogP contribution in [0.1, 0.15) is 207 Å². The molecule has 0 spiro atoms. The monoisotopic (exact) mass is 538 g/mol. The van der Waals surface area contributed by atoms with Gasteiger partial charge >= 0.3 is 0 Å². The minimum Gasteiger partial charge on any atom is -0.299 e. The lowest BCUT2D eigenvalue weighted by Gasteiger charge is -2.17. The Kier molecular flexibility index (Phi) is 33.1. The van der Waals surface area contributed by atoms with Crippen LogP contribution in [0, 0.1) is 5.92 Å². The molecular formula is C36H75NO. The predicted octanol–water partition coefficient (Wildman–Crippen LogP) is 12.8. The molecule has 0 heterocycles. The molecule has 0 saturated heterocycles. The van der Waals surface area contributed by atoms with Crippen LogP contribution in [-0.4, -0.2) is 25.3 Å². The number of unbranched alkanes of at least 4 members (excludes halogenated alkanes) is 22. The summed E-state index contributed by atoms with van der Waals surface area (Å²) < 4.78 is 0. The molecule has 0 N–H and O–H groups in total. The summed E-state index contributed by atoms with van der Waals surface area (Å²) in [5.41, 5.74) is 0. The fourth-order valence-corrected chi connectivity index (χ4v) is 5.86. The van der Waals surface area contributed by atoms with Gasteiger partial charge in [0.15, 0.2) is 0 Å². The van der Waals surface area contributed by atoms with Gasteiger partial charge in [-0.15, -0.1) is 0 Å². The van der Waals surface area contributed by atoms with Gasteiger partial charge in [-0.3, -0.25) is 4.84 Å². The number of rotatable bonds is 33. The maximum Gasteiger partial charge on any atom is 0.0684 e. The topological polar surface area (TPSA) is 12.5 Å². The largest absolute Gasteiger partial charge is 0.299 e. The van der Waals surface area contributed by atoms with Crippen molar-refractivity contribution in [2.24, 2.45) is 5.92 Å². The van der Waals surface area contributed by atoms with Crippen LogP contribution in [0.4, 0.5) is 0 Å². The first-order valence-electron chi connectivity index (χ1n) is 18.1. The molecule has 2 nitrogen and oxygen atoms in total. The molecule has 0 atom stereocenters. The normalized spacial score (nSPS) is 11.8. The third-order valence-electron chi connectivity index (χ3n) is 8.58. The van der Waals surface area contributed by atoms with Crippen LogP contribution in [-0.2, 0) is 4.84 Å². The Hall–Kier alpha value is -0.0800. The molecule has 2 heteroatoms. The van der Waals surface area contributed by atoms with Gasteiger partial charge in [-0.2, -0.15) is 5.06 Å². The second-order valence-corrected chi connectivity index (χ2v) is 12.5. The van der Waals surface area contributed by atoms with Crippen molar-refractivity contribution in [1.82, 2.24) is 5.06 Å². The van der Waals surface area contributed by atoms with Crippen LogP contribution in [0.15, 0.2) is 0 Å². The lowest BCUT2D eigenvalue weighted by atomic mass is 9.89.